The molecular formula is C34H43ClN2O3S. The van der Waals surface area contributed by atoms with Gasteiger partial charge in [0.1, 0.15) is 0 Å². The smallest absolute Gasteiger partial charge is 0.307 e. The van der Waals surface area contributed by atoms with E-state index in [1.165, 1.54) is 68.8 Å². The van der Waals surface area contributed by atoms with E-state index < -0.39 is 0 Å². The Bertz CT molecular complexity index is 1320. The predicted molar refractivity (Wildman–Crippen MR) is 171 cm³/mol. The number of halogens is 1. The molecule has 0 spiro atoms. The summed E-state index contributed by atoms with van der Waals surface area (Å²) in [6.45, 7) is 2.16. The predicted octanol–water partition coefficient (Wildman–Crippen LogP) is 10.4. The van der Waals surface area contributed by atoms with Crippen LogP contribution in [0.2, 0.25) is 5.02 Å². The molecule has 0 aliphatic carbocycles. The Balaban J connectivity index is 1.25. The van der Waals surface area contributed by atoms with Gasteiger partial charge in [0.05, 0.1) is 21.8 Å². The largest absolute Gasteiger partial charge is 0.444 e. The number of carbonyl (C=O) groups excluding carboxylic acids is 1. The van der Waals surface area contributed by atoms with Gasteiger partial charge in [0.25, 0.3) is 5.56 Å². The van der Waals surface area contributed by atoms with Gasteiger partial charge in [-0.3, -0.25) is 14.2 Å². The summed E-state index contributed by atoms with van der Waals surface area (Å²) in [5, 5.41) is 4.05. The third kappa shape index (κ3) is 9.40. The van der Waals surface area contributed by atoms with Crippen LogP contribution in [0, 0.1) is 0 Å². The number of unbranched alkanes of at least 4 members (excludes halogenated alkanes) is 12. The first-order valence-corrected chi connectivity index (χ1v) is 16.5. The van der Waals surface area contributed by atoms with Crippen molar-refractivity contribution in [1.82, 2.24) is 4.57 Å². The molecule has 0 saturated carbocycles. The van der Waals surface area contributed by atoms with Crippen LogP contribution in [0.1, 0.15) is 96.8 Å². The summed E-state index contributed by atoms with van der Waals surface area (Å²) in [6, 6.07) is 15.3. The van der Waals surface area contributed by atoms with Crippen LogP contribution in [-0.2, 0) is 16.3 Å². The van der Waals surface area contributed by atoms with E-state index in [9.17, 15) is 9.59 Å². The number of hydrogen-bond acceptors (Lipinski definition) is 5. The second-order valence-corrected chi connectivity index (χ2v) is 12.4. The number of nitrogens with one attached hydrogen (secondary N) is 1. The number of aromatic nitrogens is 1. The highest BCUT2D eigenvalue weighted by molar-refractivity contribution is 7.99. The molecular weight excluding hydrogens is 552 g/mol. The van der Waals surface area contributed by atoms with Crippen LogP contribution in [0.25, 0.3) is 11.1 Å². The van der Waals surface area contributed by atoms with Crippen molar-refractivity contribution >= 4 is 40.7 Å². The Morgan fingerprint density at radius 1 is 0.829 bits per heavy atom. The molecule has 0 fully saturated rings. The van der Waals surface area contributed by atoms with Crippen LogP contribution in [0.3, 0.4) is 0 Å². The molecule has 1 aromatic heterocycles. The van der Waals surface area contributed by atoms with Crippen LogP contribution < -0.4 is 10.9 Å². The number of hydrogen-bond donors (Lipinski definition) is 1. The van der Waals surface area contributed by atoms with Gasteiger partial charge >= 0.3 is 5.97 Å². The number of pyridine rings is 1. The topological polar surface area (TPSA) is 60.3 Å². The second-order valence-electron chi connectivity index (χ2n) is 10.9. The minimum absolute atomic E-state index is 0.105. The third-order valence-electron chi connectivity index (χ3n) is 7.59. The molecule has 1 aliphatic rings. The van der Waals surface area contributed by atoms with Gasteiger partial charge in [-0.1, -0.05) is 132 Å². The zero-order valence-electron chi connectivity index (χ0n) is 24.3. The summed E-state index contributed by atoms with van der Waals surface area (Å²) < 4.78 is 7.05. The monoisotopic (exact) mass is 594 g/mol. The van der Waals surface area contributed by atoms with Crippen LogP contribution in [0.15, 0.2) is 69.3 Å². The first-order chi connectivity index (χ1) is 20.1. The van der Waals surface area contributed by atoms with Gasteiger partial charge in [-0.15, -0.1) is 0 Å². The Kier molecular flexibility index (Phi) is 12.7. The van der Waals surface area contributed by atoms with E-state index in [0.29, 0.717) is 17.0 Å². The van der Waals surface area contributed by atoms with Crippen LogP contribution in [0.5, 0.6) is 0 Å². The number of carbonyl (C=O) groups is 1. The third-order valence-corrected chi connectivity index (χ3v) is 8.95. The molecule has 0 saturated heterocycles. The van der Waals surface area contributed by atoms with Gasteiger partial charge in [-0.05, 0) is 36.2 Å². The van der Waals surface area contributed by atoms with Crippen molar-refractivity contribution in [2.75, 3.05) is 5.32 Å². The van der Waals surface area contributed by atoms with Gasteiger partial charge in [-0.2, -0.15) is 0 Å². The van der Waals surface area contributed by atoms with Crippen LogP contribution in [-0.4, -0.2) is 10.5 Å². The zero-order valence-corrected chi connectivity index (χ0v) is 25.8. The molecule has 1 N–H and O–H groups in total. The van der Waals surface area contributed by atoms with Crippen molar-refractivity contribution < 1.29 is 9.53 Å². The average molecular weight is 595 g/mol. The van der Waals surface area contributed by atoms with Crippen molar-refractivity contribution in [3.8, 4) is 11.1 Å². The summed E-state index contributed by atoms with van der Waals surface area (Å²) in [5.74, 6) is -0.262. The van der Waals surface area contributed by atoms with E-state index in [-0.39, 0.29) is 18.3 Å². The van der Waals surface area contributed by atoms with Crippen molar-refractivity contribution in [1.29, 1.82) is 0 Å². The van der Waals surface area contributed by atoms with Crippen LogP contribution in [0.4, 0.5) is 11.4 Å². The van der Waals surface area contributed by atoms with E-state index in [0.717, 1.165) is 46.0 Å². The Hall–Kier alpha value is -2.70. The van der Waals surface area contributed by atoms with Crippen molar-refractivity contribution in [3.63, 3.8) is 0 Å². The zero-order chi connectivity index (χ0) is 28.9. The molecule has 220 valence electrons. The highest BCUT2D eigenvalue weighted by atomic mass is 35.5. The van der Waals surface area contributed by atoms with Crippen molar-refractivity contribution in [3.05, 3.63) is 70.1 Å². The van der Waals surface area contributed by atoms with Gasteiger partial charge < -0.3 is 10.1 Å². The quantitative estimate of drug-likeness (QED) is 0.0973. The second kappa shape index (κ2) is 16.7. The van der Waals surface area contributed by atoms with E-state index in [1.54, 1.807) is 30.1 Å². The normalized spacial score (nSPS) is 12.0. The van der Waals surface area contributed by atoms with Gasteiger partial charge in [0.15, 0.2) is 6.73 Å². The van der Waals surface area contributed by atoms with Crippen molar-refractivity contribution in [2.45, 2.75) is 113 Å². The van der Waals surface area contributed by atoms with E-state index in [2.05, 4.69) is 12.2 Å². The minimum Gasteiger partial charge on any atom is -0.444 e. The maximum Gasteiger partial charge on any atom is 0.307 e. The molecule has 5 nitrogen and oxygen atoms in total. The number of benzene rings is 2. The lowest BCUT2D eigenvalue weighted by molar-refractivity contribution is -0.147. The lowest BCUT2D eigenvalue weighted by Crippen LogP contribution is -2.26. The van der Waals surface area contributed by atoms with Gasteiger partial charge in [0.2, 0.25) is 0 Å². The highest BCUT2D eigenvalue weighted by Crippen LogP contribution is 2.46. The first-order valence-electron chi connectivity index (χ1n) is 15.3. The lowest BCUT2D eigenvalue weighted by atomic mass is 10.0. The summed E-state index contributed by atoms with van der Waals surface area (Å²) >= 11 is 7.71. The molecule has 0 amide bonds. The number of ether oxygens (including phenoxy) is 1. The molecule has 0 atom stereocenters. The molecule has 2 aromatic carbocycles. The fourth-order valence-electron chi connectivity index (χ4n) is 5.23. The average Bonchev–Trinajstić information content (AvgIpc) is 2.98. The summed E-state index contributed by atoms with van der Waals surface area (Å²) in [6.07, 6.45) is 18.6. The molecule has 1 aliphatic heterocycles. The molecule has 3 aromatic rings. The Labute approximate surface area is 254 Å². The maximum atomic E-state index is 13.6. The molecule has 0 radical (unpaired) electrons. The summed E-state index contributed by atoms with van der Waals surface area (Å²) in [7, 11) is 0. The van der Waals surface area contributed by atoms with E-state index in [1.807, 2.05) is 36.4 Å². The standard InChI is InChI=1S/C34H43ClN2O3S/c1-2-3-4-5-6-7-8-9-10-11-12-13-14-19-31(38)40-25-37-24-30-33(36-28-17-15-16-18-29(28)41-30)32(34(37)39)26-20-22-27(35)23-21-26/h15-18,20-24,36H,2-14,19,25H2,1H3. The Morgan fingerprint density at radius 3 is 2.10 bits per heavy atom. The summed E-state index contributed by atoms with van der Waals surface area (Å²) in [5.41, 5.74) is 2.80. The molecule has 0 bridgehead atoms. The summed E-state index contributed by atoms with van der Waals surface area (Å²) in [4.78, 5) is 28.1. The van der Waals surface area contributed by atoms with Crippen molar-refractivity contribution in [2.24, 2.45) is 0 Å². The molecule has 4 rings (SSSR count). The molecule has 7 heteroatoms. The number of anilines is 2. The number of nitrogens with zero attached hydrogens (tertiary/aromatic N) is 1. The molecule has 2 heterocycles. The van der Waals surface area contributed by atoms with E-state index >= 15 is 0 Å². The minimum atomic E-state index is -0.262. The number of fused-ring (bicyclic) bond motifs is 2. The number of esters is 1. The number of para-hydroxylation sites is 1. The highest BCUT2D eigenvalue weighted by Gasteiger charge is 2.23. The molecule has 0 unspecified atom stereocenters. The Morgan fingerprint density at radius 2 is 1.44 bits per heavy atom. The maximum absolute atomic E-state index is 13.6. The lowest BCUT2D eigenvalue weighted by Gasteiger charge is -2.24. The molecule has 41 heavy (non-hydrogen) atoms. The first kappa shape index (κ1) is 31.2. The number of rotatable bonds is 17. The van der Waals surface area contributed by atoms with Gasteiger partial charge in [-0.25, -0.2) is 0 Å². The fraction of sp³-hybridized carbons (Fsp3) is 0.471. The SMILES string of the molecule is CCCCCCCCCCCCCCCC(=O)OCn1cc2c(c(-c3ccc(Cl)cc3)c1=O)Nc1ccccc1S2. The van der Waals surface area contributed by atoms with E-state index in [4.69, 9.17) is 16.3 Å². The fourth-order valence-corrected chi connectivity index (χ4v) is 6.41. The van der Waals surface area contributed by atoms with Crippen LogP contribution >= 0.6 is 23.4 Å². The van der Waals surface area contributed by atoms with Gasteiger partial charge in [0, 0.05) is 22.5 Å².